The first-order chi connectivity index (χ1) is 8.15. The molecule has 0 aliphatic heterocycles. The molecule has 17 heavy (non-hydrogen) atoms. The van der Waals surface area contributed by atoms with Crippen molar-refractivity contribution in [3.63, 3.8) is 0 Å². The van der Waals surface area contributed by atoms with Gasteiger partial charge >= 0.3 is 0 Å². The van der Waals surface area contributed by atoms with Gasteiger partial charge in [0, 0.05) is 25.7 Å². The molecule has 0 heterocycles. The average molecular weight is 238 g/mol. The molecule has 0 radical (unpaired) electrons. The molecule has 0 spiro atoms. The lowest BCUT2D eigenvalue weighted by Crippen LogP contribution is -2.38. The predicted octanol–water partition coefficient (Wildman–Crippen LogP) is 2.74. The Morgan fingerprint density at radius 3 is 2.59 bits per heavy atom. The fourth-order valence-electron chi connectivity index (χ4n) is 3.22. The van der Waals surface area contributed by atoms with Gasteiger partial charge < -0.3 is 10.2 Å². The third-order valence-electron chi connectivity index (χ3n) is 4.69. The number of hydrogen-bond acceptors (Lipinski definition) is 2. The van der Waals surface area contributed by atoms with Crippen LogP contribution in [0.3, 0.4) is 0 Å². The molecule has 2 aliphatic rings. The molecule has 2 heteroatoms. The number of likely N-dealkylation sites (N-methyl/N-ethyl adjacent to an activating group) is 1. The molecule has 2 aliphatic carbocycles. The third kappa shape index (κ3) is 4.59. The molecule has 2 fully saturated rings. The van der Waals surface area contributed by atoms with E-state index in [0.29, 0.717) is 0 Å². The first kappa shape index (κ1) is 13.4. The van der Waals surface area contributed by atoms with Crippen LogP contribution >= 0.6 is 0 Å². The smallest absolute Gasteiger partial charge is 0.0104 e. The summed E-state index contributed by atoms with van der Waals surface area (Å²) in [5.74, 6) is 2.92. The van der Waals surface area contributed by atoms with Crippen molar-refractivity contribution in [2.24, 2.45) is 17.8 Å². The minimum Gasteiger partial charge on any atom is -0.313 e. The lowest BCUT2D eigenvalue weighted by atomic mass is 9.87. The second-order valence-corrected chi connectivity index (χ2v) is 6.66. The molecule has 0 amide bonds. The quantitative estimate of drug-likeness (QED) is 0.765. The zero-order valence-corrected chi connectivity index (χ0v) is 11.9. The minimum absolute atomic E-state index is 0.798. The summed E-state index contributed by atoms with van der Waals surface area (Å²) in [5, 5.41) is 3.75. The molecular formula is C15H30N2. The van der Waals surface area contributed by atoms with Crippen LogP contribution in [0.5, 0.6) is 0 Å². The van der Waals surface area contributed by atoms with Crippen LogP contribution in [0.4, 0.5) is 0 Å². The fourth-order valence-corrected chi connectivity index (χ4v) is 3.22. The van der Waals surface area contributed by atoms with Crippen molar-refractivity contribution < 1.29 is 0 Å². The van der Waals surface area contributed by atoms with Gasteiger partial charge in [-0.2, -0.15) is 0 Å². The van der Waals surface area contributed by atoms with Crippen molar-refractivity contribution in [1.29, 1.82) is 0 Å². The van der Waals surface area contributed by atoms with Crippen LogP contribution in [0.15, 0.2) is 0 Å². The van der Waals surface area contributed by atoms with Crippen LogP contribution in [0, 0.1) is 17.8 Å². The van der Waals surface area contributed by atoms with Crippen molar-refractivity contribution in [1.82, 2.24) is 10.2 Å². The average Bonchev–Trinajstić information content (AvgIpc) is 2.94. The summed E-state index contributed by atoms with van der Waals surface area (Å²) in [4.78, 5) is 2.51. The fraction of sp³-hybridized carbons (Fsp3) is 1.00. The van der Waals surface area contributed by atoms with Crippen LogP contribution in [-0.4, -0.2) is 37.6 Å². The summed E-state index contributed by atoms with van der Waals surface area (Å²) in [6.45, 7) is 8.47. The van der Waals surface area contributed by atoms with Gasteiger partial charge in [-0.05, 0) is 44.1 Å². The predicted molar refractivity (Wildman–Crippen MR) is 74.2 cm³/mol. The highest BCUT2D eigenvalue weighted by Crippen LogP contribution is 2.37. The summed E-state index contributed by atoms with van der Waals surface area (Å²) < 4.78 is 0. The molecule has 2 rings (SSSR count). The van der Waals surface area contributed by atoms with Crippen LogP contribution in [0.25, 0.3) is 0 Å². The molecule has 1 N–H and O–H groups in total. The summed E-state index contributed by atoms with van der Waals surface area (Å²) in [6, 6.07) is 0.798. The molecule has 0 aromatic rings. The molecule has 2 nitrogen and oxygen atoms in total. The van der Waals surface area contributed by atoms with E-state index in [1.54, 1.807) is 0 Å². The normalized spacial score (nSPS) is 37.4. The Hall–Kier alpha value is -0.0800. The third-order valence-corrected chi connectivity index (χ3v) is 4.69. The van der Waals surface area contributed by atoms with E-state index in [9.17, 15) is 0 Å². The van der Waals surface area contributed by atoms with Crippen molar-refractivity contribution in [2.45, 2.75) is 52.0 Å². The first-order valence-electron chi connectivity index (χ1n) is 7.57. The van der Waals surface area contributed by atoms with Crippen molar-refractivity contribution in [2.75, 3.05) is 26.7 Å². The Morgan fingerprint density at radius 2 is 1.94 bits per heavy atom. The summed E-state index contributed by atoms with van der Waals surface area (Å²) in [6.07, 6.45) is 7.11. The first-order valence-corrected chi connectivity index (χ1v) is 7.57. The maximum atomic E-state index is 3.75. The van der Waals surface area contributed by atoms with E-state index < -0.39 is 0 Å². The largest absolute Gasteiger partial charge is 0.313 e. The number of hydrogen-bond donors (Lipinski definition) is 1. The van der Waals surface area contributed by atoms with Crippen molar-refractivity contribution in [3.8, 4) is 0 Å². The Morgan fingerprint density at radius 1 is 1.18 bits per heavy atom. The van der Waals surface area contributed by atoms with Gasteiger partial charge in [0.25, 0.3) is 0 Å². The summed E-state index contributed by atoms with van der Waals surface area (Å²) >= 11 is 0. The topological polar surface area (TPSA) is 15.3 Å². The van der Waals surface area contributed by atoms with Gasteiger partial charge in [0.2, 0.25) is 0 Å². The molecule has 4 atom stereocenters. The Balaban J connectivity index is 1.52. The van der Waals surface area contributed by atoms with Crippen LogP contribution < -0.4 is 5.32 Å². The molecule has 100 valence electrons. The Bertz CT molecular complexity index is 229. The molecule has 2 saturated carbocycles. The van der Waals surface area contributed by atoms with Crippen LogP contribution in [0.1, 0.15) is 46.0 Å². The van der Waals surface area contributed by atoms with E-state index in [2.05, 4.69) is 31.1 Å². The molecule has 0 bridgehead atoms. The van der Waals surface area contributed by atoms with E-state index in [-0.39, 0.29) is 0 Å². The Kier molecular flexibility index (Phi) is 4.87. The number of nitrogens with zero attached hydrogens (tertiary/aromatic N) is 1. The van der Waals surface area contributed by atoms with E-state index in [1.807, 2.05) is 0 Å². The monoisotopic (exact) mass is 238 g/mol. The highest BCUT2D eigenvalue weighted by molar-refractivity contribution is 4.84. The second-order valence-electron chi connectivity index (χ2n) is 6.66. The van der Waals surface area contributed by atoms with Crippen molar-refractivity contribution >= 4 is 0 Å². The van der Waals surface area contributed by atoms with Gasteiger partial charge in [0.15, 0.2) is 0 Å². The van der Waals surface area contributed by atoms with Gasteiger partial charge in [0.05, 0.1) is 0 Å². The maximum absolute atomic E-state index is 3.75. The number of nitrogens with one attached hydrogen (secondary N) is 1. The lowest BCUT2D eigenvalue weighted by molar-refractivity contribution is 0.271. The highest BCUT2D eigenvalue weighted by atomic mass is 15.1. The van der Waals surface area contributed by atoms with E-state index >= 15 is 0 Å². The van der Waals surface area contributed by atoms with Crippen LogP contribution in [-0.2, 0) is 0 Å². The maximum Gasteiger partial charge on any atom is 0.0104 e. The van der Waals surface area contributed by atoms with Gasteiger partial charge in [-0.25, -0.2) is 0 Å². The van der Waals surface area contributed by atoms with Gasteiger partial charge in [-0.3, -0.25) is 0 Å². The summed E-state index contributed by atoms with van der Waals surface area (Å²) in [5.41, 5.74) is 0. The zero-order chi connectivity index (χ0) is 12.3. The van der Waals surface area contributed by atoms with Crippen LogP contribution in [0.2, 0.25) is 0 Å². The van der Waals surface area contributed by atoms with E-state index in [0.717, 1.165) is 23.8 Å². The number of rotatable bonds is 6. The minimum atomic E-state index is 0.798. The van der Waals surface area contributed by atoms with Crippen molar-refractivity contribution in [3.05, 3.63) is 0 Å². The van der Waals surface area contributed by atoms with Gasteiger partial charge in [-0.1, -0.05) is 26.7 Å². The van der Waals surface area contributed by atoms with E-state index in [4.69, 9.17) is 0 Å². The van der Waals surface area contributed by atoms with Gasteiger partial charge in [-0.15, -0.1) is 0 Å². The SMILES string of the molecule is CC1CCCC(NCCN(C)CC2CC2C)C1. The molecule has 0 aromatic carbocycles. The second kappa shape index (κ2) is 6.19. The highest BCUT2D eigenvalue weighted by Gasteiger charge is 2.32. The van der Waals surface area contributed by atoms with E-state index in [1.165, 1.54) is 51.7 Å². The molecule has 0 aromatic heterocycles. The Labute approximate surface area is 107 Å². The lowest BCUT2D eigenvalue weighted by Gasteiger charge is -2.28. The summed E-state index contributed by atoms with van der Waals surface area (Å²) in [7, 11) is 2.27. The molecule has 4 unspecified atom stereocenters. The molecular weight excluding hydrogens is 208 g/mol. The zero-order valence-electron chi connectivity index (χ0n) is 11.9. The van der Waals surface area contributed by atoms with Gasteiger partial charge in [0.1, 0.15) is 0 Å². The standard InChI is InChI=1S/C15H30N2/c1-12-5-4-6-15(9-12)16-7-8-17(3)11-14-10-13(14)2/h12-16H,4-11H2,1-3H3. The molecule has 0 saturated heterocycles.